The molecule has 0 aliphatic carbocycles. The van der Waals surface area contributed by atoms with Gasteiger partial charge >= 0.3 is 0 Å². The molecule has 4 heteroatoms. The first-order valence-corrected chi connectivity index (χ1v) is 7.11. The fraction of sp³-hybridized carbons (Fsp3) is 0.294. The van der Waals surface area contributed by atoms with E-state index in [0.29, 0.717) is 12.1 Å². The van der Waals surface area contributed by atoms with Crippen LogP contribution in [0.2, 0.25) is 0 Å². The van der Waals surface area contributed by atoms with Crippen LogP contribution < -0.4 is 10.9 Å². The van der Waals surface area contributed by atoms with Crippen molar-refractivity contribution < 1.29 is 4.79 Å². The number of aryl methyl sites for hydroxylation is 1. The number of benzene rings is 1. The molecular formula is C17H20N2O2. The Kier molecular flexibility index (Phi) is 4.93. The van der Waals surface area contributed by atoms with E-state index in [1.54, 1.807) is 19.3 Å². The molecule has 0 saturated heterocycles. The first-order valence-electron chi connectivity index (χ1n) is 7.11. The van der Waals surface area contributed by atoms with Crippen LogP contribution in [-0.2, 0) is 7.05 Å². The van der Waals surface area contributed by atoms with Crippen LogP contribution in [0, 0.1) is 0 Å². The minimum atomic E-state index is -0.206. The van der Waals surface area contributed by atoms with Crippen molar-refractivity contribution in [1.29, 1.82) is 0 Å². The minimum Gasteiger partial charge on any atom is -0.351 e. The molecule has 110 valence electrons. The third-order valence-electron chi connectivity index (χ3n) is 3.64. The summed E-state index contributed by atoms with van der Waals surface area (Å²) in [7, 11) is 1.66. The van der Waals surface area contributed by atoms with Gasteiger partial charge in [-0.3, -0.25) is 9.59 Å². The zero-order valence-corrected chi connectivity index (χ0v) is 12.4. The number of carbonyl (C=O) groups is 1. The van der Waals surface area contributed by atoms with Gasteiger partial charge in [0, 0.05) is 37.3 Å². The Labute approximate surface area is 124 Å². The Morgan fingerprint density at radius 2 is 1.95 bits per heavy atom. The molecule has 0 radical (unpaired) electrons. The van der Waals surface area contributed by atoms with Gasteiger partial charge < -0.3 is 9.88 Å². The van der Waals surface area contributed by atoms with Gasteiger partial charge in [0.1, 0.15) is 0 Å². The second kappa shape index (κ2) is 6.88. The molecule has 2 rings (SSSR count). The predicted molar refractivity (Wildman–Crippen MR) is 83.5 cm³/mol. The van der Waals surface area contributed by atoms with E-state index in [4.69, 9.17) is 0 Å². The van der Waals surface area contributed by atoms with E-state index in [1.165, 1.54) is 16.2 Å². The smallest absolute Gasteiger partial charge is 0.251 e. The average Bonchev–Trinajstić information content (AvgIpc) is 2.51. The van der Waals surface area contributed by atoms with Crippen molar-refractivity contribution in [2.45, 2.75) is 19.3 Å². The van der Waals surface area contributed by atoms with Crippen LogP contribution in [-0.4, -0.2) is 17.0 Å². The zero-order valence-electron chi connectivity index (χ0n) is 12.4. The van der Waals surface area contributed by atoms with Crippen LogP contribution in [0.1, 0.15) is 35.2 Å². The zero-order chi connectivity index (χ0) is 15.2. The molecule has 1 heterocycles. The van der Waals surface area contributed by atoms with Gasteiger partial charge in [-0.1, -0.05) is 37.3 Å². The molecule has 21 heavy (non-hydrogen) atoms. The Morgan fingerprint density at radius 1 is 1.24 bits per heavy atom. The highest BCUT2D eigenvalue weighted by Gasteiger charge is 2.12. The number of pyridine rings is 1. The molecular weight excluding hydrogens is 264 g/mol. The van der Waals surface area contributed by atoms with Gasteiger partial charge in [-0.25, -0.2) is 0 Å². The van der Waals surface area contributed by atoms with Gasteiger partial charge in [-0.15, -0.1) is 0 Å². The van der Waals surface area contributed by atoms with Crippen molar-refractivity contribution in [3.05, 3.63) is 70.1 Å². The number of rotatable bonds is 5. The summed E-state index contributed by atoms with van der Waals surface area (Å²) >= 11 is 0. The molecule has 1 aromatic heterocycles. The van der Waals surface area contributed by atoms with Crippen molar-refractivity contribution in [3.63, 3.8) is 0 Å². The molecule has 4 nitrogen and oxygen atoms in total. The van der Waals surface area contributed by atoms with Crippen LogP contribution in [0.4, 0.5) is 0 Å². The molecule has 0 aliphatic rings. The van der Waals surface area contributed by atoms with E-state index in [-0.39, 0.29) is 17.4 Å². The van der Waals surface area contributed by atoms with Gasteiger partial charge in [0.2, 0.25) is 0 Å². The molecule has 0 spiro atoms. The minimum absolute atomic E-state index is 0.183. The summed E-state index contributed by atoms with van der Waals surface area (Å²) in [5, 5.41) is 2.91. The highest BCUT2D eigenvalue weighted by Crippen LogP contribution is 2.18. The lowest BCUT2D eigenvalue weighted by molar-refractivity contribution is 0.0950. The quantitative estimate of drug-likeness (QED) is 0.916. The van der Waals surface area contributed by atoms with Gasteiger partial charge in [-0.05, 0) is 18.1 Å². The number of amides is 1. The normalized spacial score (nSPS) is 11.9. The van der Waals surface area contributed by atoms with Crippen molar-refractivity contribution in [3.8, 4) is 0 Å². The molecule has 0 fully saturated rings. The summed E-state index contributed by atoms with van der Waals surface area (Å²) in [5.41, 5.74) is 1.43. The second-order valence-corrected chi connectivity index (χ2v) is 5.09. The van der Waals surface area contributed by atoms with Crippen molar-refractivity contribution in [2.24, 2.45) is 7.05 Å². The van der Waals surface area contributed by atoms with E-state index in [1.807, 2.05) is 18.2 Å². The average molecular weight is 284 g/mol. The lowest BCUT2D eigenvalue weighted by Gasteiger charge is -2.16. The van der Waals surface area contributed by atoms with Crippen LogP contribution in [0.3, 0.4) is 0 Å². The summed E-state index contributed by atoms with van der Waals surface area (Å²) in [6.07, 6.45) is 2.55. The van der Waals surface area contributed by atoms with E-state index in [9.17, 15) is 9.59 Å². The Balaban J connectivity index is 2.02. The maximum atomic E-state index is 12.1. The van der Waals surface area contributed by atoms with Gasteiger partial charge in [0.05, 0.1) is 0 Å². The monoisotopic (exact) mass is 284 g/mol. The van der Waals surface area contributed by atoms with Crippen molar-refractivity contribution in [1.82, 2.24) is 9.88 Å². The third-order valence-corrected chi connectivity index (χ3v) is 3.64. The summed E-state index contributed by atoms with van der Waals surface area (Å²) in [6.45, 7) is 2.66. The topological polar surface area (TPSA) is 51.1 Å². The van der Waals surface area contributed by atoms with Crippen LogP contribution >= 0.6 is 0 Å². The Hall–Kier alpha value is -2.36. The number of nitrogens with one attached hydrogen (secondary N) is 1. The van der Waals surface area contributed by atoms with Gasteiger partial charge in [0.15, 0.2) is 0 Å². The highest BCUT2D eigenvalue weighted by molar-refractivity contribution is 5.94. The molecule has 1 amide bonds. The number of hydrogen-bond acceptors (Lipinski definition) is 2. The molecule has 0 aliphatic heterocycles. The van der Waals surface area contributed by atoms with E-state index in [2.05, 4.69) is 24.4 Å². The van der Waals surface area contributed by atoms with E-state index < -0.39 is 0 Å². The van der Waals surface area contributed by atoms with Gasteiger partial charge in [0.25, 0.3) is 11.5 Å². The SMILES string of the molecule is CCC(CNC(=O)c1ccn(C)c(=O)c1)c1ccccc1. The highest BCUT2D eigenvalue weighted by atomic mass is 16.2. The summed E-state index contributed by atoms with van der Waals surface area (Å²) < 4.78 is 1.44. The fourth-order valence-electron chi connectivity index (χ4n) is 2.23. The van der Waals surface area contributed by atoms with E-state index in [0.717, 1.165) is 6.42 Å². The first-order chi connectivity index (χ1) is 10.1. The molecule has 1 aromatic carbocycles. The lowest BCUT2D eigenvalue weighted by Crippen LogP contribution is -2.29. The standard InChI is InChI=1S/C17H20N2O2/c1-3-13(14-7-5-4-6-8-14)12-18-17(21)15-9-10-19(2)16(20)11-15/h4-11,13H,3,12H2,1-2H3,(H,18,21). The first kappa shape index (κ1) is 15.0. The summed E-state index contributed by atoms with van der Waals surface area (Å²) in [6, 6.07) is 13.1. The lowest BCUT2D eigenvalue weighted by atomic mass is 9.96. The predicted octanol–water partition coefficient (Wildman–Crippen LogP) is 2.31. The maximum Gasteiger partial charge on any atom is 0.251 e. The molecule has 2 aromatic rings. The molecule has 0 bridgehead atoms. The summed E-state index contributed by atoms with van der Waals surface area (Å²) in [4.78, 5) is 23.6. The van der Waals surface area contributed by atoms with Crippen LogP contribution in [0.25, 0.3) is 0 Å². The Morgan fingerprint density at radius 3 is 2.57 bits per heavy atom. The van der Waals surface area contributed by atoms with Gasteiger partial charge in [-0.2, -0.15) is 0 Å². The second-order valence-electron chi connectivity index (χ2n) is 5.09. The number of nitrogens with zero attached hydrogens (tertiary/aromatic N) is 1. The van der Waals surface area contributed by atoms with E-state index >= 15 is 0 Å². The molecule has 0 saturated carbocycles. The number of aromatic nitrogens is 1. The van der Waals surface area contributed by atoms with Crippen LogP contribution in [0.5, 0.6) is 0 Å². The number of carbonyl (C=O) groups excluding carboxylic acids is 1. The number of hydrogen-bond donors (Lipinski definition) is 1. The molecule has 1 unspecified atom stereocenters. The molecule has 1 N–H and O–H groups in total. The summed E-state index contributed by atoms with van der Waals surface area (Å²) in [5.74, 6) is 0.0729. The Bertz CT molecular complexity index is 662. The van der Waals surface area contributed by atoms with Crippen LogP contribution in [0.15, 0.2) is 53.5 Å². The van der Waals surface area contributed by atoms with Crippen molar-refractivity contribution in [2.75, 3.05) is 6.54 Å². The third kappa shape index (κ3) is 3.81. The maximum absolute atomic E-state index is 12.1. The molecule has 1 atom stereocenters. The largest absolute Gasteiger partial charge is 0.351 e. The fourth-order valence-corrected chi connectivity index (χ4v) is 2.23. The van der Waals surface area contributed by atoms with Crippen molar-refractivity contribution >= 4 is 5.91 Å².